The lowest BCUT2D eigenvalue weighted by atomic mass is 10.0. The Bertz CT molecular complexity index is 986. The number of ether oxygens (including phenoxy) is 1. The normalized spacial score (nSPS) is 19.5. The van der Waals surface area contributed by atoms with Crippen LogP contribution in [0, 0.1) is 0 Å². The van der Waals surface area contributed by atoms with Gasteiger partial charge in [0, 0.05) is 18.0 Å². The molecule has 2 heterocycles. The summed E-state index contributed by atoms with van der Waals surface area (Å²) in [5, 5.41) is 17.9. The zero-order valence-electron chi connectivity index (χ0n) is 18.0. The molecular formula is C23H28N4O4S. The third-order valence-corrected chi connectivity index (χ3v) is 6.50. The lowest BCUT2D eigenvalue weighted by molar-refractivity contribution is -0.131. The van der Waals surface area contributed by atoms with E-state index < -0.39 is 12.3 Å². The number of carbonyl (C=O) groups excluding carboxylic acids is 2. The fourth-order valence-corrected chi connectivity index (χ4v) is 4.79. The summed E-state index contributed by atoms with van der Waals surface area (Å²) in [5.41, 5.74) is 2.74. The van der Waals surface area contributed by atoms with E-state index in [1.165, 1.54) is 10.5 Å². The smallest absolute Gasteiger partial charge is 0.315 e. The van der Waals surface area contributed by atoms with Crippen molar-refractivity contribution in [3.05, 3.63) is 53.6 Å². The van der Waals surface area contributed by atoms with Crippen molar-refractivity contribution in [2.75, 3.05) is 31.3 Å². The Morgan fingerprint density at radius 3 is 2.94 bits per heavy atom. The van der Waals surface area contributed by atoms with Gasteiger partial charge in [-0.15, -0.1) is 11.8 Å². The minimum atomic E-state index is -0.723. The molecule has 8 nitrogen and oxygen atoms in total. The predicted octanol–water partition coefficient (Wildman–Crippen LogP) is 2.69. The summed E-state index contributed by atoms with van der Waals surface area (Å²) in [6, 6.07) is 13.3. The standard InChI is InChI=1S/C23H28N4O4S/c1-32-20-7-3-2-5-16(20)18-6-4-10-27(18)22(29)13-25-23(30)24-12-15-8-9-17-19(11-15)31-14-21(28)26-17/h2-3,5,7-9,11,18,21,26,28H,4,6,10,12-14H2,1H3,(H2,24,25,30)/t18-,21+/m0/s1. The van der Waals surface area contributed by atoms with Crippen LogP contribution >= 0.6 is 11.8 Å². The number of benzene rings is 2. The van der Waals surface area contributed by atoms with Crippen LogP contribution in [0.25, 0.3) is 0 Å². The number of urea groups is 1. The highest BCUT2D eigenvalue weighted by molar-refractivity contribution is 7.98. The van der Waals surface area contributed by atoms with Crippen molar-refractivity contribution in [2.45, 2.75) is 36.6 Å². The Hall–Kier alpha value is -2.91. The third-order valence-electron chi connectivity index (χ3n) is 5.69. The first-order chi connectivity index (χ1) is 15.5. The van der Waals surface area contributed by atoms with Crippen molar-refractivity contribution >= 4 is 29.4 Å². The maximum atomic E-state index is 12.8. The third kappa shape index (κ3) is 5.11. The van der Waals surface area contributed by atoms with Gasteiger partial charge in [0.15, 0.2) is 6.23 Å². The Morgan fingerprint density at radius 1 is 1.25 bits per heavy atom. The second kappa shape index (κ2) is 10.1. The van der Waals surface area contributed by atoms with Crippen LogP contribution < -0.4 is 20.7 Å². The summed E-state index contributed by atoms with van der Waals surface area (Å²) >= 11 is 1.68. The first-order valence-corrected chi connectivity index (χ1v) is 11.9. The molecule has 2 aromatic carbocycles. The highest BCUT2D eigenvalue weighted by atomic mass is 32.2. The molecule has 4 N–H and O–H groups in total. The number of hydrogen-bond donors (Lipinski definition) is 4. The van der Waals surface area contributed by atoms with Crippen LogP contribution in [0.4, 0.5) is 10.5 Å². The van der Waals surface area contributed by atoms with E-state index in [-0.39, 0.29) is 25.1 Å². The van der Waals surface area contributed by atoms with Crippen molar-refractivity contribution in [3.8, 4) is 5.75 Å². The van der Waals surface area contributed by atoms with Gasteiger partial charge in [-0.05, 0) is 48.4 Å². The molecule has 0 radical (unpaired) electrons. The topological polar surface area (TPSA) is 103 Å². The van der Waals surface area contributed by atoms with E-state index in [1.54, 1.807) is 17.8 Å². The molecule has 2 atom stereocenters. The molecule has 9 heteroatoms. The minimum Gasteiger partial charge on any atom is -0.487 e. The molecule has 0 bridgehead atoms. The molecule has 0 aromatic heterocycles. The summed E-state index contributed by atoms with van der Waals surface area (Å²) in [4.78, 5) is 28.1. The number of thioether (sulfide) groups is 1. The molecule has 0 unspecified atom stereocenters. The van der Waals surface area contributed by atoms with Crippen molar-refractivity contribution in [1.82, 2.24) is 15.5 Å². The van der Waals surface area contributed by atoms with Gasteiger partial charge in [-0.25, -0.2) is 4.79 Å². The Balaban J connectivity index is 1.28. The fraction of sp³-hybridized carbons (Fsp3) is 0.391. The molecule has 0 saturated carbocycles. The first kappa shape index (κ1) is 22.3. The van der Waals surface area contributed by atoms with E-state index in [2.05, 4.69) is 28.1 Å². The quantitative estimate of drug-likeness (QED) is 0.499. The van der Waals surface area contributed by atoms with Crippen molar-refractivity contribution in [1.29, 1.82) is 0 Å². The van der Waals surface area contributed by atoms with Gasteiger partial charge in [0.25, 0.3) is 0 Å². The van der Waals surface area contributed by atoms with Gasteiger partial charge in [0.05, 0.1) is 18.3 Å². The molecule has 32 heavy (non-hydrogen) atoms. The molecular weight excluding hydrogens is 428 g/mol. The van der Waals surface area contributed by atoms with Crippen molar-refractivity contribution < 1.29 is 19.4 Å². The van der Waals surface area contributed by atoms with E-state index in [9.17, 15) is 14.7 Å². The number of anilines is 1. The van der Waals surface area contributed by atoms with E-state index in [0.717, 1.165) is 18.4 Å². The van der Waals surface area contributed by atoms with Gasteiger partial charge in [0.2, 0.25) is 5.91 Å². The van der Waals surface area contributed by atoms with Gasteiger partial charge in [-0.2, -0.15) is 0 Å². The van der Waals surface area contributed by atoms with E-state index in [4.69, 9.17) is 4.74 Å². The Morgan fingerprint density at radius 2 is 2.09 bits per heavy atom. The summed E-state index contributed by atoms with van der Waals surface area (Å²) in [5.74, 6) is 0.557. The zero-order valence-corrected chi connectivity index (χ0v) is 18.8. The van der Waals surface area contributed by atoms with Crippen LogP contribution in [-0.4, -0.2) is 54.1 Å². The van der Waals surface area contributed by atoms with E-state index in [0.29, 0.717) is 24.5 Å². The summed E-state index contributed by atoms with van der Waals surface area (Å²) < 4.78 is 5.49. The molecule has 3 amide bonds. The average molecular weight is 457 g/mol. The average Bonchev–Trinajstić information content (AvgIpc) is 3.31. The van der Waals surface area contributed by atoms with E-state index in [1.807, 2.05) is 35.4 Å². The van der Waals surface area contributed by atoms with Gasteiger partial charge in [0.1, 0.15) is 12.4 Å². The zero-order chi connectivity index (χ0) is 22.5. The molecule has 0 aliphatic carbocycles. The molecule has 4 rings (SSSR count). The summed E-state index contributed by atoms with van der Waals surface area (Å²) in [6.07, 6.45) is 3.21. The fourth-order valence-electron chi connectivity index (χ4n) is 4.14. The van der Waals surface area contributed by atoms with Crippen LogP contribution in [0.15, 0.2) is 47.4 Å². The largest absolute Gasteiger partial charge is 0.487 e. The number of fused-ring (bicyclic) bond motifs is 1. The number of hydrogen-bond acceptors (Lipinski definition) is 6. The maximum absolute atomic E-state index is 12.8. The van der Waals surface area contributed by atoms with Gasteiger partial charge < -0.3 is 30.7 Å². The molecule has 1 fully saturated rings. The second-order valence-corrected chi connectivity index (χ2v) is 8.67. The molecule has 0 spiro atoms. The van der Waals surface area contributed by atoms with Crippen LogP contribution in [-0.2, 0) is 11.3 Å². The maximum Gasteiger partial charge on any atom is 0.315 e. The number of nitrogens with zero attached hydrogens (tertiary/aromatic N) is 1. The number of aliphatic hydroxyl groups is 1. The van der Waals surface area contributed by atoms with Crippen LogP contribution in [0.5, 0.6) is 5.75 Å². The van der Waals surface area contributed by atoms with E-state index >= 15 is 0 Å². The minimum absolute atomic E-state index is 0.0428. The number of rotatable bonds is 6. The van der Waals surface area contributed by atoms with Crippen LogP contribution in [0.3, 0.4) is 0 Å². The Kier molecular flexibility index (Phi) is 7.06. The lowest BCUT2D eigenvalue weighted by Gasteiger charge is -2.26. The highest BCUT2D eigenvalue weighted by Gasteiger charge is 2.31. The first-order valence-electron chi connectivity index (χ1n) is 10.7. The van der Waals surface area contributed by atoms with Crippen molar-refractivity contribution in [2.24, 2.45) is 0 Å². The lowest BCUT2D eigenvalue weighted by Crippen LogP contribution is -2.43. The Labute approximate surface area is 191 Å². The number of amides is 3. The number of aliphatic hydroxyl groups excluding tert-OH is 1. The number of likely N-dealkylation sites (tertiary alicyclic amines) is 1. The number of carbonyl (C=O) groups is 2. The summed E-state index contributed by atoms with van der Waals surface area (Å²) in [7, 11) is 0. The molecule has 2 aromatic rings. The van der Waals surface area contributed by atoms with Gasteiger partial charge >= 0.3 is 6.03 Å². The molecule has 2 aliphatic heterocycles. The predicted molar refractivity (Wildman–Crippen MR) is 124 cm³/mol. The highest BCUT2D eigenvalue weighted by Crippen LogP contribution is 2.36. The summed E-state index contributed by atoms with van der Waals surface area (Å²) in [6.45, 7) is 1.13. The molecule has 1 saturated heterocycles. The van der Waals surface area contributed by atoms with Crippen molar-refractivity contribution in [3.63, 3.8) is 0 Å². The monoisotopic (exact) mass is 456 g/mol. The van der Waals surface area contributed by atoms with Gasteiger partial charge in [-0.1, -0.05) is 24.3 Å². The second-order valence-electron chi connectivity index (χ2n) is 7.82. The van der Waals surface area contributed by atoms with Crippen LogP contribution in [0.2, 0.25) is 0 Å². The van der Waals surface area contributed by atoms with Crippen LogP contribution in [0.1, 0.15) is 30.0 Å². The number of nitrogens with one attached hydrogen (secondary N) is 3. The molecule has 170 valence electrons. The van der Waals surface area contributed by atoms with Gasteiger partial charge in [-0.3, -0.25) is 4.79 Å². The SMILES string of the molecule is CSc1ccccc1[C@@H]1CCCN1C(=O)CNC(=O)NCc1ccc2c(c1)OC[C@@H](O)N2. The molecule has 2 aliphatic rings.